The largest absolute Gasteiger partial charge is 0.416 e. The summed E-state index contributed by atoms with van der Waals surface area (Å²) in [5.41, 5.74) is 5.40. The fourth-order valence-electron chi connectivity index (χ4n) is 1.66. The van der Waals surface area contributed by atoms with Gasteiger partial charge in [0, 0.05) is 6.54 Å². The van der Waals surface area contributed by atoms with Gasteiger partial charge in [-0.25, -0.2) is 0 Å². The number of amides is 2. The third kappa shape index (κ3) is 6.27. The van der Waals surface area contributed by atoms with E-state index in [0.29, 0.717) is 5.56 Å². The maximum atomic E-state index is 12.4. The number of rotatable bonds is 6. The van der Waals surface area contributed by atoms with Gasteiger partial charge in [0.1, 0.15) is 0 Å². The van der Waals surface area contributed by atoms with Crippen LogP contribution in [0.3, 0.4) is 0 Å². The predicted octanol–water partition coefficient (Wildman–Crippen LogP) is 1.42. The van der Waals surface area contributed by atoms with Crippen molar-refractivity contribution >= 4 is 11.8 Å². The Kier molecular flexibility index (Phi) is 6.56. The van der Waals surface area contributed by atoms with Crippen LogP contribution in [0.2, 0.25) is 0 Å². The van der Waals surface area contributed by atoms with E-state index in [9.17, 15) is 22.8 Å². The molecular formula is C15H20F3N3O2. The van der Waals surface area contributed by atoms with E-state index in [0.717, 1.165) is 12.1 Å². The highest BCUT2D eigenvalue weighted by Gasteiger charge is 2.29. The average molecular weight is 331 g/mol. The molecule has 128 valence electrons. The van der Waals surface area contributed by atoms with Crippen molar-refractivity contribution in [1.82, 2.24) is 10.6 Å². The highest BCUT2D eigenvalue weighted by atomic mass is 19.4. The van der Waals surface area contributed by atoms with Crippen LogP contribution in [0.15, 0.2) is 24.3 Å². The molecule has 0 bridgehead atoms. The first-order valence-electron chi connectivity index (χ1n) is 7.07. The molecule has 2 amide bonds. The van der Waals surface area contributed by atoms with Crippen LogP contribution in [-0.2, 0) is 22.3 Å². The second kappa shape index (κ2) is 7.96. The van der Waals surface area contributed by atoms with E-state index in [1.165, 1.54) is 12.1 Å². The Balaban J connectivity index is 2.40. The average Bonchev–Trinajstić information content (AvgIpc) is 2.49. The van der Waals surface area contributed by atoms with Crippen LogP contribution in [0.4, 0.5) is 13.2 Å². The number of alkyl halides is 3. The fourth-order valence-corrected chi connectivity index (χ4v) is 1.66. The lowest BCUT2D eigenvalue weighted by molar-refractivity contribution is -0.137. The summed E-state index contributed by atoms with van der Waals surface area (Å²) in [4.78, 5) is 23.2. The van der Waals surface area contributed by atoms with Crippen LogP contribution in [-0.4, -0.2) is 24.4 Å². The summed E-state index contributed by atoms with van der Waals surface area (Å²) in [6, 6.07) is 3.78. The summed E-state index contributed by atoms with van der Waals surface area (Å²) < 4.78 is 37.2. The highest BCUT2D eigenvalue weighted by molar-refractivity contribution is 5.87. The summed E-state index contributed by atoms with van der Waals surface area (Å²) >= 11 is 0. The van der Waals surface area contributed by atoms with Gasteiger partial charge >= 0.3 is 6.18 Å². The zero-order valence-electron chi connectivity index (χ0n) is 12.9. The number of nitrogens with one attached hydrogen (secondary N) is 2. The highest BCUT2D eigenvalue weighted by Crippen LogP contribution is 2.28. The number of carbonyl (C=O) groups is 2. The standard InChI is InChI=1S/C15H20F3N3O2/c1-9(2)13(19)14(23)21-8-12(22)20-7-10-3-5-11(6-4-10)15(16,17)18/h3-6,9,13H,7-8,19H2,1-2H3,(H,20,22)(H,21,23)/t13-/m0/s1. The van der Waals surface area contributed by atoms with Gasteiger partial charge in [0.2, 0.25) is 11.8 Å². The van der Waals surface area contributed by atoms with Gasteiger partial charge in [-0.05, 0) is 23.6 Å². The van der Waals surface area contributed by atoms with Gasteiger partial charge in [0.05, 0.1) is 18.2 Å². The molecule has 0 saturated carbocycles. The molecule has 1 atom stereocenters. The Morgan fingerprint density at radius 3 is 2.17 bits per heavy atom. The molecule has 0 aliphatic heterocycles. The molecule has 0 aromatic heterocycles. The molecule has 5 nitrogen and oxygen atoms in total. The Morgan fingerprint density at radius 1 is 1.13 bits per heavy atom. The zero-order chi connectivity index (χ0) is 17.6. The summed E-state index contributed by atoms with van der Waals surface area (Å²) in [6.07, 6.45) is -4.39. The van der Waals surface area contributed by atoms with E-state index < -0.39 is 29.6 Å². The molecule has 0 fully saturated rings. The number of hydrogen-bond acceptors (Lipinski definition) is 3. The third-order valence-corrected chi connectivity index (χ3v) is 3.22. The first kappa shape index (κ1) is 19.0. The fraction of sp³-hybridized carbons (Fsp3) is 0.467. The van der Waals surface area contributed by atoms with Crippen molar-refractivity contribution in [3.63, 3.8) is 0 Å². The number of benzene rings is 1. The Bertz CT molecular complexity index is 542. The van der Waals surface area contributed by atoms with Crippen LogP contribution in [0, 0.1) is 5.92 Å². The molecule has 1 aromatic rings. The van der Waals surface area contributed by atoms with Crippen molar-refractivity contribution in [3.05, 3.63) is 35.4 Å². The molecule has 8 heteroatoms. The minimum atomic E-state index is -4.39. The van der Waals surface area contributed by atoms with E-state index in [1.54, 1.807) is 13.8 Å². The van der Waals surface area contributed by atoms with Crippen LogP contribution in [0.25, 0.3) is 0 Å². The lowest BCUT2D eigenvalue weighted by Gasteiger charge is -2.15. The lowest BCUT2D eigenvalue weighted by atomic mass is 10.1. The monoisotopic (exact) mass is 331 g/mol. The minimum absolute atomic E-state index is 0.0507. The molecule has 1 rings (SSSR count). The van der Waals surface area contributed by atoms with Crippen LogP contribution >= 0.6 is 0 Å². The van der Waals surface area contributed by atoms with Crippen molar-refractivity contribution < 1.29 is 22.8 Å². The summed E-state index contributed by atoms with van der Waals surface area (Å²) in [5, 5.41) is 4.91. The first-order chi connectivity index (χ1) is 10.6. The number of carbonyl (C=O) groups excluding carboxylic acids is 2. The maximum absolute atomic E-state index is 12.4. The predicted molar refractivity (Wildman–Crippen MR) is 79.1 cm³/mol. The minimum Gasteiger partial charge on any atom is -0.350 e. The Hall–Kier alpha value is -2.09. The molecule has 0 radical (unpaired) electrons. The van der Waals surface area contributed by atoms with E-state index in [-0.39, 0.29) is 19.0 Å². The second-order valence-electron chi connectivity index (χ2n) is 5.46. The molecule has 0 saturated heterocycles. The molecule has 0 spiro atoms. The topological polar surface area (TPSA) is 84.2 Å². The maximum Gasteiger partial charge on any atom is 0.416 e. The van der Waals surface area contributed by atoms with Gasteiger partial charge in [-0.1, -0.05) is 26.0 Å². The van der Waals surface area contributed by atoms with E-state index in [2.05, 4.69) is 10.6 Å². The number of nitrogens with two attached hydrogens (primary N) is 1. The van der Waals surface area contributed by atoms with Crippen LogP contribution in [0.5, 0.6) is 0 Å². The van der Waals surface area contributed by atoms with Crippen molar-refractivity contribution in [3.8, 4) is 0 Å². The van der Waals surface area contributed by atoms with Gasteiger partial charge < -0.3 is 16.4 Å². The second-order valence-corrected chi connectivity index (χ2v) is 5.46. The van der Waals surface area contributed by atoms with Gasteiger partial charge in [-0.15, -0.1) is 0 Å². The normalized spacial score (nSPS) is 12.8. The van der Waals surface area contributed by atoms with Gasteiger partial charge in [-0.2, -0.15) is 13.2 Å². The van der Waals surface area contributed by atoms with Crippen LogP contribution < -0.4 is 16.4 Å². The van der Waals surface area contributed by atoms with E-state index >= 15 is 0 Å². The lowest BCUT2D eigenvalue weighted by Crippen LogP contribution is -2.47. The Morgan fingerprint density at radius 2 is 1.70 bits per heavy atom. The Labute approximate surface area is 132 Å². The molecule has 0 aliphatic carbocycles. The van der Waals surface area contributed by atoms with Crippen molar-refractivity contribution in [1.29, 1.82) is 0 Å². The van der Waals surface area contributed by atoms with Crippen molar-refractivity contribution in [2.24, 2.45) is 11.7 Å². The molecule has 4 N–H and O–H groups in total. The number of hydrogen-bond donors (Lipinski definition) is 3. The van der Waals surface area contributed by atoms with E-state index in [4.69, 9.17) is 5.73 Å². The molecule has 23 heavy (non-hydrogen) atoms. The summed E-state index contributed by atoms with van der Waals surface area (Å²) in [6.45, 7) is 3.41. The smallest absolute Gasteiger partial charge is 0.350 e. The molecule has 1 aromatic carbocycles. The zero-order valence-corrected chi connectivity index (χ0v) is 12.9. The van der Waals surface area contributed by atoms with Crippen molar-refractivity contribution in [2.75, 3.05) is 6.54 Å². The number of halogens is 3. The van der Waals surface area contributed by atoms with Gasteiger partial charge in [0.15, 0.2) is 0 Å². The summed E-state index contributed by atoms with van der Waals surface area (Å²) in [7, 11) is 0. The molecule has 0 unspecified atom stereocenters. The molecular weight excluding hydrogens is 311 g/mol. The SMILES string of the molecule is CC(C)[C@H](N)C(=O)NCC(=O)NCc1ccc(C(F)(F)F)cc1. The van der Waals surface area contributed by atoms with Crippen molar-refractivity contribution in [2.45, 2.75) is 32.6 Å². The molecule has 0 aliphatic rings. The van der Waals surface area contributed by atoms with E-state index in [1.807, 2.05) is 0 Å². The van der Waals surface area contributed by atoms with Crippen LogP contribution in [0.1, 0.15) is 25.0 Å². The quantitative estimate of drug-likeness (QED) is 0.737. The first-order valence-corrected chi connectivity index (χ1v) is 7.07. The third-order valence-electron chi connectivity index (χ3n) is 3.22. The summed E-state index contributed by atoms with van der Waals surface area (Å²) in [5.74, 6) is -0.927. The van der Waals surface area contributed by atoms with Gasteiger partial charge in [-0.3, -0.25) is 9.59 Å². The van der Waals surface area contributed by atoms with Gasteiger partial charge in [0.25, 0.3) is 0 Å². The molecule has 0 heterocycles.